The van der Waals surface area contributed by atoms with Crippen molar-refractivity contribution >= 4 is 44.9 Å². The second-order valence-corrected chi connectivity index (χ2v) is 5.68. The summed E-state index contributed by atoms with van der Waals surface area (Å²) in [5.74, 6) is -0.158. The molecule has 0 bridgehead atoms. The molecule has 2 aromatic rings. The molecule has 11 heteroatoms. The number of aromatic nitrogens is 4. The molecule has 2 aromatic heterocycles. The molecule has 1 amide bonds. The van der Waals surface area contributed by atoms with E-state index in [0.29, 0.717) is 15.9 Å². The summed E-state index contributed by atoms with van der Waals surface area (Å²) < 4.78 is 17.6. The Balaban J connectivity index is 2.30. The lowest BCUT2D eigenvalue weighted by molar-refractivity contribution is -0.142. The SMILES string of the molecule is COc1nc(N(C)C(C)=O)nc2c1nc(Br)n2COCCOC(C)=O. The number of hydrogen-bond acceptors (Lipinski definition) is 8. The van der Waals surface area contributed by atoms with Gasteiger partial charge in [0.1, 0.15) is 13.3 Å². The Kier molecular flexibility index (Phi) is 6.26. The van der Waals surface area contributed by atoms with Crippen molar-refractivity contribution < 1.29 is 23.8 Å². The molecular weight excluding hydrogens is 398 g/mol. The Morgan fingerprint density at radius 2 is 1.92 bits per heavy atom. The maximum Gasteiger partial charge on any atom is 0.302 e. The van der Waals surface area contributed by atoms with Gasteiger partial charge in [-0.1, -0.05) is 0 Å². The van der Waals surface area contributed by atoms with Gasteiger partial charge in [0.15, 0.2) is 15.9 Å². The highest BCUT2D eigenvalue weighted by Crippen LogP contribution is 2.27. The van der Waals surface area contributed by atoms with Crippen LogP contribution in [0, 0.1) is 0 Å². The van der Waals surface area contributed by atoms with Crippen molar-refractivity contribution in [2.75, 3.05) is 32.3 Å². The zero-order valence-electron chi connectivity index (χ0n) is 14.3. The van der Waals surface area contributed by atoms with Gasteiger partial charge < -0.3 is 14.2 Å². The van der Waals surface area contributed by atoms with Gasteiger partial charge in [-0.3, -0.25) is 19.1 Å². The van der Waals surface area contributed by atoms with Crippen molar-refractivity contribution in [2.24, 2.45) is 0 Å². The second-order valence-electron chi connectivity index (χ2n) is 4.97. The molecule has 10 nitrogen and oxygen atoms in total. The van der Waals surface area contributed by atoms with Crippen molar-refractivity contribution in [3.63, 3.8) is 0 Å². The third kappa shape index (κ3) is 4.42. The predicted molar refractivity (Wildman–Crippen MR) is 91.2 cm³/mol. The Bertz CT molecular complexity index is 794. The minimum absolute atomic E-state index is 0.113. The van der Waals surface area contributed by atoms with Crippen LogP contribution in [0.2, 0.25) is 0 Å². The molecule has 0 aliphatic carbocycles. The molecule has 0 fully saturated rings. The van der Waals surface area contributed by atoms with Crippen LogP contribution in [0.1, 0.15) is 13.8 Å². The molecular formula is C14H18BrN5O5. The summed E-state index contributed by atoms with van der Waals surface area (Å²) in [5, 5.41) is 0. The highest BCUT2D eigenvalue weighted by atomic mass is 79.9. The fourth-order valence-corrected chi connectivity index (χ4v) is 2.33. The van der Waals surface area contributed by atoms with Crippen molar-refractivity contribution in [2.45, 2.75) is 20.6 Å². The highest BCUT2D eigenvalue weighted by molar-refractivity contribution is 9.10. The fraction of sp³-hybridized carbons (Fsp3) is 0.500. The van der Waals surface area contributed by atoms with Gasteiger partial charge in [0.25, 0.3) is 0 Å². The van der Waals surface area contributed by atoms with Gasteiger partial charge in [-0.05, 0) is 15.9 Å². The lowest BCUT2D eigenvalue weighted by Gasteiger charge is -2.14. The number of fused-ring (bicyclic) bond motifs is 1. The third-order valence-corrected chi connectivity index (χ3v) is 3.83. The maximum atomic E-state index is 11.6. The summed E-state index contributed by atoms with van der Waals surface area (Å²) in [6.07, 6.45) is 0. The molecule has 0 saturated heterocycles. The first-order chi connectivity index (χ1) is 11.8. The highest BCUT2D eigenvalue weighted by Gasteiger charge is 2.20. The minimum Gasteiger partial charge on any atom is -0.479 e. The summed E-state index contributed by atoms with van der Waals surface area (Å²) in [5.41, 5.74) is 0.868. The number of amides is 1. The minimum atomic E-state index is -0.368. The summed E-state index contributed by atoms with van der Waals surface area (Å²) in [6, 6.07) is 0. The van der Waals surface area contributed by atoms with E-state index in [4.69, 9.17) is 14.2 Å². The first-order valence-electron chi connectivity index (χ1n) is 7.28. The molecule has 0 spiro atoms. The quantitative estimate of drug-likeness (QED) is 0.375. The number of nitrogens with zero attached hydrogens (tertiary/aromatic N) is 5. The Morgan fingerprint density at radius 1 is 1.20 bits per heavy atom. The Hall–Kier alpha value is -2.27. The Labute approximate surface area is 152 Å². The second kappa shape index (κ2) is 8.21. The molecule has 2 heterocycles. The van der Waals surface area contributed by atoms with Crippen LogP contribution in [0.5, 0.6) is 5.88 Å². The van der Waals surface area contributed by atoms with E-state index in [9.17, 15) is 9.59 Å². The van der Waals surface area contributed by atoms with E-state index in [2.05, 4.69) is 30.9 Å². The van der Waals surface area contributed by atoms with Gasteiger partial charge in [-0.2, -0.15) is 9.97 Å². The van der Waals surface area contributed by atoms with Gasteiger partial charge in [0.2, 0.25) is 17.7 Å². The van der Waals surface area contributed by atoms with Crippen LogP contribution >= 0.6 is 15.9 Å². The normalized spacial score (nSPS) is 10.8. The van der Waals surface area contributed by atoms with E-state index in [0.717, 1.165) is 0 Å². The Morgan fingerprint density at radius 3 is 2.52 bits per heavy atom. The summed E-state index contributed by atoms with van der Waals surface area (Å²) in [6.45, 7) is 3.22. The molecule has 0 atom stereocenters. The number of anilines is 1. The molecule has 0 N–H and O–H groups in total. The fourth-order valence-electron chi connectivity index (χ4n) is 1.89. The predicted octanol–water partition coefficient (Wildman–Crippen LogP) is 1.12. The zero-order chi connectivity index (χ0) is 18.6. The van der Waals surface area contributed by atoms with Crippen LogP contribution in [0.4, 0.5) is 5.95 Å². The molecule has 0 saturated carbocycles. The molecule has 25 heavy (non-hydrogen) atoms. The van der Waals surface area contributed by atoms with Crippen LogP contribution in [-0.4, -0.2) is 58.8 Å². The first kappa shape index (κ1) is 19.1. The van der Waals surface area contributed by atoms with E-state index >= 15 is 0 Å². The molecule has 0 aromatic carbocycles. The number of methoxy groups -OCH3 is 1. The number of rotatable bonds is 7. The number of halogens is 1. The number of imidazole rings is 1. The zero-order valence-corrected chi connectivity index (χ0v) is 15.9. The van der Waals surface area contributed by atoms with Crippen LogP contribution in [0.3, 0.4) is 0 Å². The number of hydrogen-bond donors (Lipinski definition) is 0. The standard InChI is InChI=1S/C14H18BrN5O5/c1-8(21)19(3)14-17-11-10(12(18-14)23-4)16-13(15)20(11)7-24-5-6-25-9(2)22/h5-7H2,1-4H3. The van der Waals surface area contributed by atoms with Gasteiger partial charge >= 0.3 is 5.97 Å². The van der Waals surface area contributed by atoms with Crippen LogP contribution in [-0.2, 0) is 25.8 Å². The largest absolute Gasteiger partial charge is 0.479 e. The van der Waals surface area contributed by atoms with Crippen molar-refractivity contribution in [1.29, 1.82) is 0 Å². The van der Waals surface area contributed by atoms with Gasteiger partial charge in [0.05, 0.1) is 13.7 Å². The molecule has 0 unspecified atom stereocenters. The van der Waals surface area contributed by atoms with Crippen LogP contribution < -0.4 is 9.64 Å². The van der Waals surface area contributed by atoms with E-state index in [-0.39, 0.29) is 43.6 Å². The van der Waals surface area contributed by atoms with Crippen LogP contribution in [0.15, 0.2) is 4.73 Å². The van der Waals surface area contributed by atoms with Crippen molar-refractivity contribution in [3.05, 3.63) is 4.73 Å². The average molecular weight is 416 g/mol. The van der Waals surface area contributed by atoms with Gasteiger partial charge in [-0.25, -0.2) is 4.98 Å². The number of ether oxygens (including phenoxy) is 3. The summed E-state index contributed by atoms with van der Waals surface area (Å²) in [4.78, 5) is 36.5. The van der Waals surface area contributed by atoms with Crippen LogP contribution in [0.25, 0.3) is 11.2 Å². The lowest BCUT2D eigenvalue weighted by atomic mass is 10.5. The molecule has 136 valence electrons. The first-order valence-corrected chi connectivity index (χ1v) is 8.07. The van der Waals surface area contributed by atoms with E-state index in [1.54, 1.807) is 11.6 Å². The monoisotopic (exact) mass is 415 g/mol. The summed E-state index contributed by atoms with van der Waals surface area (Å²) in [7, 11) is 3.02. The topological polar surface area (TPSA) is 109 Å². The lowest BCUT2D eigenvalue weighted by Crippen LogP contribution is -2.25. The van der Waals surface area contributed by atoms with Crippen molar-refractivity contribution in [3.8, 4) is 5.88 Å². The molecule has 0 aliphatic heterocycles. The summed E-state index contributed by atoms with van der Waals surface area (Å²) >= 11 is 3.34. The maximum absolute atomic E-state index is 11.6. The molecule has 0 radical (unpaired) electrons. The number of carbonyl (C=O) groups excluding carboxylic acids is 2. The number of esters is 1. The van der Waals surface area contributed by atoms with Gasteiger partial charge in [0, 0.05) is 20.9 Å². The van der Waals surface area contributed by atoms with Crippen molar-refractivity contribution in [1.82, 2.24) is 19.5 Å². The van der Waals surface area contributed by atoms with Gasteiger partial charge in [-0.15, -0.1) is 0 Å². The molecule has 0 aliphatic rings. The van der Waals surface area contributed by atoms with E-state index < -0.39 is 0 Å². The average Bonchev–Trinajstić information content (AvgIpc) is 2.88. The molecule has 2 rings (SSSR count). The van der Waals surface area contributed by atoms with E-state index in [1.807, 2.05) is 0 Å². The van der Waals surface area contributed by atoms with E-state index in [1.165, 1.54) is 25.9 Å². The number of carbonyl (C=O) groups is 2. The third-order valence-electron chi connectivity index (χ3n) is 3.22. The smallest absolute Gasteiger partial charge is 0.302 e.